The first-order valence-corrected chi connectivity index (χ1v) is 8.87. The lowest BCUT2D eigenvalue weighted by molar-refractivity contribution is 0.0738. The van der Waals surface area contributed by atoms with Gasteiger partial charge in [0.2, 0.25) is 5.88 Å². The zero-order valence-electron chi connectivity index (χ0n) is 15.0. The summed E-state index contributed by atoms with van der Waals surface area (Å²) in [6.07, 6.45) is 2.24. The van der Waals surface area contributed by atoms with Crippen LogP contribution < -0.4 is 10.3 Å². The number of benzene rings is 1. The van der Waals surface area contributed by atoms with Crippen LogP contribution in [0.25, 0.3) is 10.9 Å². The van der Waals surface area contributed by atoms with Crippen LogP contribution in [0.5, 0.6) is 5.88 Å². The summed E-state index contributed by atoms with van der Waals surface area (Å²) in [5.41, 5.74) is 0.674. The van der Waals surface area contributed by atoms with E-state index >= 15 is 0 Å². The van der Waals surface area contributed by atoms with Crippen LogP contribution in [0.4, 0.5) is 0 Å². The maximum Gasteiger partial charge on any atom is 0.258 e. The van der Waals surface area contributed by atoms with Crippen molar-refractivity contribution in [1.29, 1.82) is 0 Å². The Labute approximate surface area is 161 Å². The van der Waals surface area contributed by atoms with Crippen molar-refractivity contribution in [1.82, 2.24) is 19.9 Å². The molecule has 3 aromatic rings. The van der Waals surface area contributed by atoms with Gasteiger partial charge in [0, 0.05) is 23.8 Å². The number of methoxy groups -OCH3 is 1. The zero-order chi connectivity index (χ0) is 19.4. The first kappa shape index (κ1) is 18.8. The fourth-order valence-corrected chi connectivity index (χ4v) is 2.92. The fraction of sp³-hybridized carbons (Fsp3) is 0.263. The highest BCUT2D eigenvalue weighted by Crippen LogP contribution is 2.16. The van der Waals surface area contributed by atoms with Gasteiger partial charge in [-0.05, 0) is 30.7 Å². The molecule has 1 amide bonds. The van der Waals surface area contributed by atoms with Gasteiger partial charge in [0.15, 0.2) is 0 Å². The molecule has 1 aromatic carbocycles. The Bertz CT molecular complexity index is 1020. The zero-order valence-corrected chi connectivity index (χ0v) is 15.8. The van der Waals surface area contributed by atoms with E-state index in [1.165, 1.54) is 13.3 Å². The molecule has 3 rings (SSSR count). The largest absolute Gasteiger partial charge is 0.481 e. The van der Waals surface area contributed by atoms with E-state index in [2.05, 4.69) is 15.0 Å². The maximum atomic E-state index is 12.8. The van der Waals surface area contributed by atoms with Gasteiger partial charge >= 0.3 is 0 Å². The molecule has 140 valence electrons. The SMILES string of the molecule is CCCN(Cc1nc2cc(Cl)ccc2c(=O)[nH]1)C(=O)c1ccc(OC)nc1. The molecular formula is C19H19ClN4O3. The Hall–Kier alpha value is -2.93. The standard InChI is InChI=1S/C19H19ClN4O3/c1-3-8-24(19(26)12-4-7-17(27-2)21-10-12)11-16-22-15-9-13(20)5-6-14(15)18(25)23-16/h4-7,9-10H,3,8,11H2,1-2H3,(H,22,23,25). The first-order chi connectivity index (χ1) is 13.0. The summed E-state index contributed by atoms with van der Waals surface area (Å²) in [5.74, 6) is 0.643. The van der Waals surface area contributed by atoms with Crippen molar-refractivity contribution in [2.45, 2.75) is 19.9 Å². The molecule has 2 heterocycles. The number of carbonyl (C=O) groups excluding carboxylic acids is 1. The molecule has 0 aliphatic heterocycles. The topological polar surface area (TPSA) is 88.2 Å². The number of aromatic amines is 1. The number of fused-ring (bicyclic) bond motifs is 1. The normalized spacial score (nSPS) is 10.8. The average Bonchev–Trinajstić information content (AvgIpc) is 2.67. The van der Waals surface area contributed by atoms with E-state index in [4.69, 9.17) is 16.3 Å². The summed E-state index contributed by atoms with van der Waals surface area (Å²) in [6, 6.07) is 8.20. The van der Waals surface area contributed by atoms with Gasteiger partial charge in [0.1, 0.15) is 5.82 Å². The number of amides is 1. The number of hydrogen-bond acceptors (Lipinski definition) is 5. The number of aromatic nitrogens is 3. The van der Waals surface area contributed by atoms with E-state index in [1.807, 2.05) is 6.92 Å². The molecule has 1 N–H and O–H groups in total. The quantitative estimate of drug-likeness (QED) is 0.703. The highest BCUT2D eigenvalue weighted by Gasteiger charge is 2.18. The number of pyridine rings is 1. The summed E-state index contributed by atoms with van der Waals surface area (Å²) in [4.78, 5) is 38.0. The highest BCUT2D eigenvalue weighted by molar-refractivity contribution is 6.31. The van der Waals surface area contributed by atoms with Gasteiger partial charge in [-0.25, -0.2) is 9.97 Å². The van der Waals surface area contributed by atoms with E-state index in [9.17, 15) is 9.59 Å². The molecule has 0 unspecified atom stereocenters. The fourth-order valence-electron chi connectivity index (χ4n) is 2.75. The maximum absolute atomic E-state index is 12.8. The number of halogens is 1. The van der Waals surface area contributed by atoms with Crippen LogP contribution >= 0.6 is 11.6 Å². The first-order valence-electron chi connectivity index (χ1n) is 8.49. The second-order valence-electron chi connectivity index (χ2n) is 5.99. The summed E-state index contributed by atoms with van der Waals surface area (Å²) < 4.78 is 5.02. The minimum absolute atomic E-state index is 0.177. The molecule has 0 saturated carbocycles. The molecule has 0 fully saturated rings. The molecule has 0 aliphatic carbocycles. The second-order valence-corrected chi connectivity index (χ2v) is 6.43. The molecule has 0 spiro atoms. The number of nitrogens with one attached hydrogen (secondary N) is 1. The number of hydrogen-bond donors (Lipinski definition) is 1. The van der Waals surface area contributed by atoms with Gasteiger partial charge in [-0.2, -0.15) is 0 Å². The van der Waals surface area contributed by atoms with Gasteiger partial charge in [-0.3, -0.25) is 9.59 Å². The van der Waals surface area contributed by atoms with Gasteiger partial charge in [-0.15, -0.1) is 0 Å². The summed E-state index contributed by atoms with van der Waals surface area (Å²) >= 11 is 6.00. The monoisotopic (exact) mass is 386 g/mol. The van der Waals surface area contributed by atoms with Crippen LogP contribution in [-0.4, -0.2) is 39.4 Å². The van der Waals surface area contributed by atoms with Gasteiger partial charge < -0.3 is 14.6 Å². The molecular weight excluding hydrogens is 368 g/mol. The molecule has 27 heavy (non-hydrogen) atoms. The molecule has 7 nitrogen and oxygen atoms in total. The van der Waals surface area contributed by atoms with Crippen LogP contribution in [0.3, 0.4) is 0 Å². The Morgan fingerprint density at radius 3 is 2.78 bits per heavy atom. The highest BCUT2D eigenvalue weighted by atomic mass is 35.5. The van der Waals surface area contributed by atoms with Crippen LogP contribution in [-0.2, 0) is 6.54 Å². The number of carbonyl (C=O) groups is 1. The van der Waals surface area contributed by atoms with Crippen molar-refractivity contribution >= 4 is 28.4 Å². The number of rotatable bonds is 6. The van der Waals surface area contributed by atoms with E-state index in [0.717, 1.165) is 6.42 Å². The minimum Gasteiger partial charge on any atom is -0.481 e. The predicted octanol–water partition coefficient (Wildman–Crippen LogP) is 3.03. The van der Waals surface area contributed by atoms with Crippen molar-refractivity contribution in [2.24, 2.45) is 0 Å². The molecule has 0 aliphatic rings. The molecule has 0 bridgehead atoms. The number of H-pyrrole nitrogens is 1. The van der Waals surface area contributed by atoms with Crippen molar-refractivity contribution < 1.29 is 9.53 Å². The molecule has 0 radical (unpaired) electrons. The van der Waals surface area contributed by atoms with E-state index in [-0.39, 0.29) is 18.0 Å². The minimum atomic E-state index is -0.262. The van der Waals surface area contributed by atoms with Gasteiger partial charge in [-0.1, -0.05) is 18.5 Å². The van der Waals surface area contributed by atoms with Crippen LogP contribution in [0, 0.1) is 0 Å². The van der Waals surface area contributed by atoms with E-state index in [0.29, 0.717) is 39.7 Å². The summed E-state index contributed by atoms with van der Waals surface area (Å²) in [7, 11) is 1.52. The summed E-state index contributed by atoms with van der Waals surface area (Å²) in [5, 5.41) is 0.952. The van der Waals surface area contributed by atoms with Crippen molar-refractivity contribution in [3.63, 3.8) is 0 Å². The van der Waals surface area contributed by atoms with Gasteiger partial charge in [0.05, 0.1) is 30.1 Å². The van der Waals surface area contributed by atoms with E-state index < -0.39 is 0 Å². The van der Waals surface area contributed by atoms with Crippen molar-refractivity contribution in [2.75, 3.05) is 13.7 Å². The number of ether oxygens (including phenoxy) is 1. The smallest absolute Gasteiger partial charge is 0.258 e. The Morgan fingerprint density at radius 2 is 2.11 bits per heavy atom. The molecule has 8 heteroatoms. The summed E-state index contributed by atoms with van der Waals surface area (Å²) in [6.45, 7) is 2.67. The Morgan fingerprint density at radius 1 is 1.30 bits per heavy atom. The lowest BCUT2D eigenvalue weighted by atomic mass is 10.2. The average molecular weight is 387 g/mol. The predicted molar refractivity (Wildman–Crippen MR) is 103 cm³/mol. The second kappa shape index (κ2) is 8.18. The van der Waals surface area contributed by atoms with Crippen molar-refractivity contribution in [3.05, 3.63) is 63.3 Å². The van der Waals surface area contributed by atoms with Crippen LogP contribution in [0.15, 0.2) is 41.3 Å². The Balaban J connectivity index is 1.90. The molecule has 0 atom stereocenters. The number of nitrogens with zero attached hydrogens (tertiary/aromatic N) is 3. The third-order valence-electron chi connectivity index (χ3n) is 4.03. The lowest BCUT2D eigenvalue weighted by Crippen LogP contribution is -2.32. The third-order valence-corrected chi connectivity index (χ3v) is 4.27. The Kier molecular flexibility index (Phi) is 5.71. The molecule has 0 saturated heterocycles. The van der Waals surface area contributed by atoms with Crippen LogP contribution in [0.2, 0.25) is 5.02 Å². The van der Waals surface area contributed by atoms with Crippen LogP contribution in [0.1, 0.15) is 29.5 Å². The van der Waals surface area contributed by atoms with Gasteiger partial charge in [0.25, 0.3) is 11.5 Å². The lowest BCUT2D eigenvalue weighted by Gasteiger charge is -2.21. The van der Waals surface area contributed by atoms with Crippen molar-refractivity contribution in [3.8, 4) is 5.88 Å². The van der Waals surface area contributed by atoms with E-state index in [1.54, 1.807) is 35.2 Å². The third kappa shape index (κ3) is 4.25. The molecule has 2 aromatic heterocycles.